The Bertz CT molecular complexity index is 580. The molecule has 1 atom stereocenters. The average Bonchev–Trinajstić information content (AvgIpc) is 2.97. The number of nitrogen functional groups attached to an aromatic ring is 1. The molecular weight excluding hydrogens is 240 g/mol. The Morgan fingerprint density at radius 2 is 2.37 bits per heavy atom. The number of para-hydroxylation sites is 1. The van der Waals surface area contributed by atoms with Crippen LogP contribution in [0.5, 0.6) is 0 Å². The van der Waals surface area contributed by atoms with E-state index in [1.807, 2.05) is 25.2 Å². The summed E-state index contributed by atoms with van der Waals surface area (Å²) in [6, 6.07) is 6.86. The van der Waals surface area contributed by atoms with Crippen LogP contribution in [0.15, 0.2) is 22.6 Å². The summed E-state index contributed by atoms with van der Waals surface area (Å²) in [5, 5.41) is 0. The van der Waals surface area contributed by atoms with Crippen molar-refractivity contribution in [1.29, 1.82) is 0 Å². The summed E-state index contributed by atoms with van der Waals surface area (Å²) in [6.07, 6.45) is 2.51. The minimum absolute atomic E-state index is 0.581. The van der Waals surface area contributed by atoms with Gasteiger partial charge in [0.05, 0.1) is 5.69 Å². The SMILES string of the molecule is CN(CC1CCCN1C)c1nc2c(N)cccc2o1. The summed E-state index contributed by atoms with van der Waals surface area (Å²) in [4.78, 5) is 8.97. The zero-order valence-electron chi connectivity index (χ0n) is 11.5. The molecule has 1 fully saturated rings. The Hall–Kier alpha value is -1.75. The van der Waals surface area contributed by atoms with Gasteiger partial charge >= 0.3 is 0 Å². The molecule has 1 unspecified atom stereocenters. The fourth-order valence-electron chi connectivity index (χ4n) is 2.73. The molecule has 1 saturated heterocycles. The van der Waals surface area contributed by atoms with Gasteiger partial charge in [0.2, 0.25) is 0 Å². The van der Waals surface area contributed by atoms with E-state index in [9.17, 15) is 0 Å². The van der Waals surface area contributed by atoms with Gasteiger partial charge in [-0.2, -0.15) is 4.98 Å². The molecule has 0 radical (unpaired) electrons. The molecule has 0 amide bonds. The maximum Gasteiger partial charge on any atom is 0.298 e. The fourth-order valence-corrected chi connectivity index (χ4v) is 2.73. The number of oxazole rings is 1. The van der Waals surface area contributed by atoms with E-state index in [2.05, 4.69) is 21.8 Å². The predicted molar refractivity (Wildman–Crippen MR) is 77.3 cm³/mol. The summed E-state index contributed by atoms with van der Waals surface area (Å²) in [5.74, 6) is 0. The molecule has 2 N–H and O–H groups in total. The van der Waals surface area contributed by atoms with Crippen LogP contribution < -0.4 is 10.6 Å². The highest BCUT2D eigenvalue weighted by molar-refractivity contribution is 5.86. The third-order valence-corrected chi connectivity index (χ3v) is 3.92. The minimum Gasteiger partial charge on any atom is -0.423 e. The van der Waals surface area contributed by atoms with E-state index in [1.165, 1.54) is 19.4 Å². The van der Waals surface area contributed by atoms with Gasteiger partial charge in [0.25, 0.3) is 6.01 Å². The first kappa shape index (κ1) is 12.3. The molecule has 2 aromatic rings. The monoisotopic (exact) mass is 260 g/mol. The molecule has 5 nitrogen and oxygen atoms in total. The van der Waals surface area contributed by atoms with Gasteiger partial charge in [0, 0.05) is 19.6 Å². The highest BCUT2D eigenvalue weighted by Gasteiger charge is 2.23. The second-order valence-electron chi connectivity index (χ2n) is 5.35. The third-order valence-electron chi connectivity index (χ3n) is 3.92. The Morgan fingerprint density at radius 3 is 3.05 bits per heavy atom. The number of hydrogen-bond acceptors (Lipinski definition) is 5. The number of rotatable bonds is 3. The van der Waals surface area contributed by atoms with Gasteiger partial charge in [-0.15, -0.1) is 0 Å². The lowest BCUT2D eigenvalue weighted by Gasteiger charge is -2.24. The second kappa shape index (κ2) is 4.74. The predicted octanol–water partition coefficient (Wildman–Crippen LogP) is 1.94. The standard InChI is InChI=1S/C14H20N4O/c1-17-8-4-5-10(17)9-18(2)14-16-13-11(15)6-3-7-12(13)19-14/h3,6-7,10H,4-5,8-9,15H2,1-2H3. The second-order valence-corrected chi connectivity index (χ2v) is 5.35. The van der Waals surface area contributed by atoms with Gasteiger partial charge in [-0.05, 0) is 38.6 Å². The average molecular weight is 260 g/mol. The first-order valence-corrected chi connectivity index (χ1v) is 6.71. The van der Waals surface area contributed by atoms with Crippen LogP contribution >= 0.6 is 0 Å². The number of hydrogen-bond donors (Lipinski definition) is 1. The van der Waals surface area contributed by atoms with Crippen molar-refractivity contribution >= 4 is 22.8 Å². The van der Waals surface area contributed by atoms with Gasteiger partial charge in [-0.3, -0.25) is 0 Å². The molecule has 0 aliphatic carbocycles. The lowest BCUT2D eigenvalue weighted by molar-refractivity contribution is 0.311. The summed E-state index contributed by atoms with van der Waals surface area (Å²) < 4.78 is 5.77. The van der Waals surface area contributed by atoms with Crippen LogP contribution in [0.2, 0.25) is 0 Å². The van der Waals surface area contributed by atoms with Crippen LogP contribution in [0.3, 0.4) is 0 Å². The van der Waals surface area contributed by atoms with Crippen LogP contribution in [-0.4, -0.2) is 43.1 Å². The summed E-state index contributed by atoms with van der Waals surface area (Å²) >= 11 is 0. The number of aromatic nitrogens is 1. The third kappa shape index (κ3) is 2.26. The van der Waals surface area contributed by atoms with Crippen molar-refractivity contribution in [3.05, 3.63) is 18.2 Å². The molecule has 3 rings (SSSR count). The Labute approximate surface area is 113 Å². The zero-order chi connectivity index (χ0) is 13.4. The summed E-state index contributed by atoms with van der Waals surface area (Å²) in [7, 11) is 4.20. The Morgan fingerprint density at radius 1 is 1.53 bits per heavy atom. The highest BCUT2D eigenvalue weighted by Crippen LogP contribution is 2.26. The molecule has 0 saturated carbocycles. The molecule has 0 spiro atoms. The minimum atomic E-state index is 0.581. The summed E-state index contributed by atoms with van der Waals surface area (Å²) in [5.41, 5.74) is 8.08. The number of likely N-dealkylation sites (tertiary alicyclic amines) is 1. The summed E-state index contributed by atoms with van der Waals surface area (Å²) in [6.45, 7) is 2.11. The first-order chi connectivity index (χ1) is 9.15. The zero-order valence-corrected chi connectivity index (χ0v) is 11.5. The maximum atomic E-state index is 5.91. The molecule has 2 heterocycles. The van der Waals surface area contributed by atoms with E-state index >= 15 is 0 Å². The number of fused-ring (bicyclic) bond motifs is 1. The Balaban J connectivity index is 1.81. The van der Waals surface area contributed by atoms with Crippen LogP contribution in [0.1, 0.15) is 12.8 Å². The van der Waals surface area contributed by atoms with Crippen molar-refractivity contribution in [3.63, 3.8) is 0 Å². The molecule has 1 aliphatic heterocycles. The van der Waals surface area contributed by atoms with Crippen molar-refractivity contribution < 1.29 is 4.42 Å². The number of nitrogens with zero attached hydrogens (tertiary/aromatic N) is 3. The van der Waals surface area contributed by atoms with E-state index in [0.29, 0.717) is 17.7 Å². The van der Waals surface area contributed by atoms with E-state index < -0.39 is 0 Å². The highest BCUT2D eigenvalue weighted by atomic mass is 16.4. The van der Waals surface area contributed by atoms with Crippen molar-refractivity contribution in [2.45, 2.75) is 18.9 Å². The van der Waals surface area contributed by atoms with Gasteiger partial charge in [-0.25, -0.2) is 0 Å². The quantitative estimate of drug-likeness (QED) is 0.855. The van der Waals surface area contributed by atoms with Crippen LogP contribution in [-0.2, 0) is 0 Å². The lowest BCUT2D eigenvalue weighted by Crippen LogP contribution is -2.36. The van der Waals surface area contributed by atoms with Crippen molar-refractivity contribution in [2.24, 2.45) is 0 Å². The lowest BCUT2D eigenvalue weighted by atomic mass is 10.2. The molecule has 1 aromatic carbocycles. The maximum absolute atomic E-state index is 5.91. The number of anilines is 2. The largest absolute Gasteiger partial charge is 0.423 e. The number of benzene rings is 1. The van der Waals surface area contributed by atoms with Gasteiger partial charge in [0.15, 0.2) is 5.58 Å². The van der Waals surface area contributed by atoms with Gasteiger partial charge in [0.1, 0.15) is 5.52 Å². The topological polar surface area (TPSA) is 58.5 Å². The van der Waals surface area contributed by atoms with E-state index in [4.69, 9.17) is 10.2 Å². The molecule has 102 valence electrons. The number of likely N-dealkylation sites (N-methyl/N-ethyl adjacent to an activating group) is 2. The van der Waals surface area contributed by atoms with Gasteiger partial charge < -0.3 is 20.0 Å². The Kier molecular flexibility index (Phi) is 3.06. The van der Waals surface area contributed by atoms with E-state index in [1.54, 1.807) is 0 Å². The van der Waals surface area contributed by atoms with Crippen LogP contribution in [0.25, 0.3) is 11.1 Å². The molecule has 0 bridgehead atoms. The van der Waals surface area contributed by atoms with E-state index in [-0.39, 0.29) is 0 Å². The molecule has 1 aliphatic rings. The molecular formula is C14H20N4O. The molecule has 1 aromatic heterocycles. The van der Waals surface area contributed by atoms with E-state index in [0.717, 1.165) is 17.6 Å². The first-order valence-electron chi connectivity index (χ1n) is 6.71. The van der Waals surface area contributed by atoms with Crippen molar-refractivity contribution in [3.8, 4) is 0 Å². The van der Waals surface area contributed by atoms with Crippen molar-refractivity contribution in [2.75, 3.05) is 37.8 Å². The number of nitrogens with two attached hydrogens (primary N) is 1. The smallest absolute Gasteiger partial charge is 0.298 e. The normalized spacial score (nSPS) is 20.2. The van der Waals surface area contributed by atoms with Crippen molar-refractivity contribution in [1.82, 2.24) is 9.88 Å². The van der Waals surface area contributed by atoms with Crippen LogP contribution in [0, 0.1) is 0 Å². The van der Waals surface area contributed by atoms with Gasteiger partial charge in [-0.1, -0.05) is 6.07 Å². The van der Waals surface area contributed by atoms with Crippen LogP contribution in [0.4, 0.5) is 11.7 Å². The molecule has 19 heavy (non-hydrogen) atoms. The molecule has 5 heteroatoms. The fraction of sp³-hybridized carbons (Fsp3) is 0.500.